The van der Waals surface area contributed by atoms with E-state index in [0.29, 0.717) is 12.5 Å². The number of rotatable bonds is 4. The van der Waals surface area contributed by atoms with Gasteiger partial charge in [-0.25, -0.2) is 4.79 Å². The third kappa shape index (κ3) is 2.95. The molecule has 2 atom stereocenters. The van der Waals surface area contributed by atoms with Crippen molar-refractivity contribution in [3.8, 4) is 0 Å². The second-order valence-corrected chi connectivity index (χ2v) is 7.82. The molecule has 7 heteroatoms. The van der Waals surface area contributed by atoms with Crippen LogP contribution in [-0.2, 0) is 4.79 Å². The maximum absolute atomic E-state index is 12.8. The van der Waals surface area contributed by atoms with Crippen LogP contribution in [0.25, 0.3) is 0 Å². The molecular formula is C20H27N5O2. The quantitative estimate of drug-likeness (QED) is 0.883. The first kappa shape index (κ1) is 17.8. The number of nitrogens with zero attached hydrogens (tertiary/aromatic N) is 4. The molecule has 1 unspecified atom stereocenters. The number of urea groups is 1. The minimum absolute atomic E-state index is 0.101. The number of primary amides is 1. The van der Waals surface area contributed by atoms with Gasteiger partial charge in [0.25, 0.3) is 0 Å². The van der Waals surface area contributed by atoms with Crippen molar-refractivity contribution in [2.45, 2.75) is 45.2 Å². The van der Waals surface area contributed by atoms with Crippen molar-refractivity contribution < 1.29 is 9.59 Å². The second-order valence-electron chi connectivity index (χ2n) is 7.82. The predicted octanol–water partition coefficient (Wildman–Crippen LogP) is 2.21. The van der Waals surface area contributed by atoms with Crippen molar-refractivity contribution in [2.75, 3.05) is 29.4 Å². The Hall–Kier alpha value is -2.57. The minimum atomic E-state index is -0.589. The van der Waals surface area contributed by atoms with E-state index in [-0.39, 0.29) is 12.1 Å². The van der Waals surface area contributed by atoms with E-state index in [1.807, 2.05) is 24.3 Å². The van der Waals surface area contributed by atoms with Crippen LogP contribution >= 0.6 is 0 Å². The van der Waals surface area contributed by atoms with Crippen LogP contribution in [0, 0.1) is 5.92 Å². The monoisotopic (exact) mass is 369 g/mol. The first-order valence-corrected chi connectivity index (χ1v) is 9.80. The lowest BCUT2D eigenvalue weighted by atomic mass is 10.0. The molecule has 0 saturated carbocycles. The first-order valence-electron chi connectivity index (χ1n) is 9.80. The van der Waals surface area contributed by atoms with E-state index >= 15 is 0 Å². The van der Waals surface area contributed by atoms with E-state index in [4.69, 9.17) is 5.73 Å². The van der Waals surface area contributed by atoms with Crippen LogP contribution in [0.2, 0.25) is 0 Å². The Labute approximate surface area is 159 Å². The molecule has 2 fully saturated rings. The Kier molecular flexibility index (Phi) is 4.53. The lowest BCUT2D eigenvalue weighted by molar-refractivity contribution is -0.119. The van der Waals surface area contributed by atoms with Crippen molar-refractivity contribution in [1.82, 2.24) is 4.90 Å². The Bertz CT molecular complexity index is 773. The van der Waals surface area contributed by atoms with Gasteiger partial charge in [0.1, 0.15) is 11.9 Å². The molecule has 4 rings (SSSR count). The second kappa shape index (κ2) is 6.87. The summed E-state index contributed by atoms with van der Waals surface area (Å²) in [4.78, 5) is 35.2. The standard InChI is InChI=1S/C20H27N5O2/c1-13(2)19-22-10-4-12-23(19)14-6-8-15(9-7-14)25-17(18(21)26)16-5-3-11-24(16)20(25)27/h6-9,13,16-17H,3-5,10-12H2,1-2H3,(H2,21,26)/t16-,17?/m1/s1. The molecule has 1 aromatic carbocycles. The van der Waals surface area contributed by atoms with Crippen molar-refractivity contribution in [1.29, 1.82) is 0 Å². The average Bonchev–Trinajstić information content (AvgIpc) is 3.24. The van der Waals surface area contributed by atoms with Gasteiger partial charge in [0.05, 0.1) is 6.04 Å². The summed E-state index contributed by atoms with van der Waals surface area (Å²) >= 11 is 0. The lowest BCUT2D eigenvalue weighted by Gasteiger charge is -2.32. The zero-order valence-corrected chi connectivity index (χ0v) is 16.0. The number of nitrogens with two attached hydrogens (primary N) is 1. The molecule has 3 amide bonds. The summed E-state index contributed by atoms with van der Waals surface area (Å²) in [7, 11) is 0. The van der Waals surface area contributed by atoms with Gasteiger partial charge in [-0.05, 0) is 43.5 Å². The van der Waals surface area contributed by atoms with E-state index < -0.39 is 11.9 Å². The molecule has 0 radical (unpaired) electrons. The highest BCUT2D eigenvalue weighted by molar-refractivity contribution is 6.04. The zero-order chi connectivity index (χ0) is 19.1. The topological polar surface area (TPSA) is 82.2 Å². The molecule has 0 spiro atoms. The van der Waals surface area contributed by atoms with Gasteiger partial charge in [0, 0.05) is 36.9 Å². The fourth-order valence-electron chi connectivity index (χ4n) is 4.55. The molecule has 0 bridgehead atoms. The number of anilines is 2. The molecule has 1 aromatic rings. The number of carbonyl (C=O) groups excluding carboxylic acids is 2. The van der Waals surface area contributed by atoms with Crippen LogP contribution in [0.15, 0.2) is 29.3 Å². The summed E-state index contributed by atoms with van der Waals surface area (Å²) in [5, 5.41) is 0. The highest BCUT2D eigenvalue weighted by Gasteiger charge is 2.51. The molecule has 0 aromatic heterocycles. The molecule has 2 saturated heterocycles. The zero-order valence-electron chi connectivity index (χ0n) is 16.0. The average molecular weight is 369 g/mol. The van der Waals surface area contributed by atoms with Crippen LogP contribution < -0.4 is 15.5 Å². The van der Waals surface area contributed by atoms with Gasteiger partial charge >= 0.3 is 6.03 Å². The summed E-state index contributed by atoms with van der Waals surface area (Å²) in [6.45, 7) is 6.82. The summed E-state index contributed by atoms with van der Waals surface area (Å²) in [5.41, 5.74) is 7.45. The molecule has 2 N–H and O–H groups in total. The van der Waals surface area contributed by atoms with Gasteiger partial charge in [-0.15, -0.1) is 0 Å². The van der Waals surface area contributed by atoms with Crippen molar-refractivity contribution >= 4 is 29.1 Å². The summed E-state index contributed by atoms with van der Waals surface area (Å²) in [6, 6.07) is 7.04. The lowest BCUT2D eigenvalue weighted by Crippen LogP contribution is -2.46. The number of amidine groups is 1. The third-order valence-corrected chi connectivity index (χ3v) is 5.73. The van der Waals surface area contributed by atoms with Crippen molar-refractivity contribution in [3.05, 3.63) is 24.3 Å². The minimum Gasteiger partial charge on any atom is -0.368 e. The maximum atomic E-state index is 12.8. The van der Waals surface area contributed by atoms with Gasteiger partial charge in [-0.1, -0.05) is 13.8 Å². The van der Waals surface area contributed by atoms with Gasteiger partial charge < -0.3 is 15.5 Å². The van der Waals surface area contributed by atoms with Crippen LogP contribution in [0.5, 0.6) is 0 Å². The van der Waals surface area contributed by atoms with Gasteiger partial charge in [0.15, 0.2) is 0 Å². The van der Waals surface area contributed by atoms with E-state index in [2.05, 4.69) is 23.7 Å². The highest BCUT2D eigenvalue weighted by atomic mass is 16.2. The normalized spacial score (nSPS) is 25.2. The SMILES string of the molecule is CC(C)C1=NCCCN1c1ccc(N2C(=O)N3CCC[C@@H]3C2C(N)=O)cc1. The Morgan fingerprint density at radius 2 is 1.85 bits per heavy atom. The van der Waals surface area contributed by atoms with Crippen LogP contribution in [0.4, 0.5) is 16.2 Å². The maximum Gasteiger partial charge on any atom is 0.325 e. The van der Waals surface area contributed by atoms with E-state index in [1.54, 1.807) is 9.80 Å². The van der Waals surface area contributed by atoms with E-state index in [0.717, 1.165) is 49.6 Å². The smallest absolute Gasteiger partial charge is 0.325 e. The third-order valence-electron chi connectivity index (χ3n) is 5.73. The Morgan fingerprint density at radius 1 is 1.15 bits per heavy atom. The molecule has 3 aliphatic heterocycles. The number of carbonyl (C=O) groups is 2. The largest absolute Gasteiger partial charge is 0.368 e. The van der Waals surface area contributed by atoms with Crippen molar-refractivity contribution in [3.63, 3.8) is 0 Å². The fraction of sp³-hybridized carbons (Fsp3) is 0.550. The fourth-order valence-corrected chi connectivity index (χ4v) is 4.55. The van der Waals surface area contributed by atoms with E-state index in [9.17, 15) is 9.59 Å². The molecule has 7 nitrogen and oxygen atoms in total. The number of benzene rings is 1. The molecule has 3 aliphatic rings. The molecule has 3 heterocycles. The Balaban J connectivity index is 1.62. The number of hydrogen-bond acceptors (Lipinski definition) is 4. The van der Waals surface area contributed by atoms with Crippen LogP contribution in [0.3, 0.4) is 0 Å². The summed E-state index contributed by atoms with van der Waals surface area (Å²) in [6.07, 6.45) is 2.79. The number of aliphatic imine (C=N–C) groups is 1. The summed E-state index contributed by atoms with van der Waals surface area (Å²) in [5.74, 6) is 1.02. The number of fused-ring (bicyclic) bond motifs is 1. The van der Waals surface area contributed by atoms with Crippen LogP contribution in [-0.4, -0.2) is 54.4 Å². The molecular weight excluding hydrogens is 342 g/mol. The molecule has 27 heavy (non-hydrogen) atoms. The van der Waals surface area contributed by atoms with Gasteiger partial charge in [-0.2, -0.15) is 0 Å². The highest BCUT2D eigenvalue weighted by Crippen LogP contribution is 2.36. The summed E-state index contributed by atoms with van der Waals surface area (Å²) < 4.78 is 0. The van der Waals surface area contributed by atoms with Gasteiger partial charge in [0.2, 0.25) is 5.91 Å². The molecule has 0 aliphatic carbocycles. The van der Waals surface area contributed by atoms with Gasteiger partial charge in [-0.3, -0.25) is 14.7 Å². The number of amides is 3. The predicted molar refractivity (Wildman–Crippen MR) is 106 cm³/mol. The first-order chi connectivity index (χ1) is 13.0. The molecule has 144 valence electrons. The number of hydrogen-bond donors (Lipinski definition) is 1. The Morgan fingerprint density at radius 3 is 2.52 bits per heavy atom. The van der Waals surface area contributed by atoms with Crippen LogP contribution in [0.1, 0.15) is 33.1 Å². The van der Waals surface area contributed by atoms with E-state index in [1.165, 1.54) is 0 Å². The van der Waals surface area contributed by atoms with Crippen molar-refractivity contribution in [2.24, 2.45) is 16.6 Å².